The van der Waals surface area contributed by atoms with Crippen LogP contribution in [0, 0.1) is 0 Å². The third-order valence-electron chi connectivity index (χ3n) is 2.83. The molecule has 0 aliphatic rings. The molecule has 2 aromatic heterocycles. The molecule has 6 nitrogen and oxygen atoms in total. The number of hydrogen-bond acceptors (Lipinski definition) is 4. The molecule has 0 saturated heterocycles. The van der Waals surface area contributed by atoms with E-state index in [1.54, 1.807) is 23.1 Å². The lowest BCUT2D eigenvalue weighted by Crippen LogP contribution is -2.24. The molecule has 0 aliphatic heterocycles. The number of nitrogens with one attached hydrogen (secondary N) is 1. The van der Waals surface area contributed by atoms with E-state index >= 15 is 0 Å². The Morgan fingerprint density at radius 3 is 2.74 bits per heavy atom. The molecule has 0 saturated carbocycles. The normalized spacial score (nSPS) is 10.9. The van der Waals surface area contributed by atoms with Crippen molar-refractivity contribution < 1.29 is 0 Å². The molecule has 6 heteroatoms. The minimum absolute atomic E-state index is 0.0900. The third-order valence-corrected chi connectivity index (χ3v) is 2.83. The van der Waals surface area contributed by atoms with Crippen molar-refractivity contribution in [1.29, 1.82) is 0 Å². The van der Waals surface area contributed by atoms with Gasteiger partial charge in [0.2, 0.25) is 0 Å². The van der Waals surface area contributed by atoms with Crippen LogP contribution in [0.4, 0.5) is 5.69 Å². The van der Waals surface area contributed by atoms with Crippen molar-refractivity contribution in [2.24, 2.45) is 7.05 Å². The maximum Gasteiger partial charge on any atom is 0.268 e. The second-order valence-electron chi connectivity index (χ2n) is 4.80. The van der Waals surface area contributed by atoms with E-state index in [4.69, 9.17) is 0 Å². The van der Waals surface area contributed by atoms with E-state index in [1.807, 2.05) is 27.0 Å². The van der Waals surface area contributed by atoms with E-state index in [0.29, 0.717) is 6.54 Å². The van der Waals surface area contributed by atoms with Crippen LogP contribution in [0.2, 0.25) is 0 Å². The molecule has 2 heterocycles. The fraction of sp³-hybridized carbons (Fsp3) is 0.462. The maximum absolute atomic E-state index is 11.9. The minimum atomic E-state index is -0.0900. The van der Waals surface area contributed by atoms with Crippen LogP contribution < -0.4 is 10.9 Å². The molecule has 2 rings (SSSR count). The summed E-state index contributed by atoms with van der Waals surface area (Å²) in [5.74, 6) is 0. The highest BCUT2D eigenvalue weighted by molar-refractivity contribution is 5.39. The molecule has 0 unspecified atom stereocenters. The summed E-state index contributed by atoms with van der Waals surface area (Å²) in [5, 5.41) is 11.4. The second-order valence-corrected chi connectivity index (χ2v) is 4.80. The maximum atomic E-state index is 11.9. The molecule has 0 atom stereocenters. The first-order valence-corrected chi connectivity index (χ1v) is 6.37. The number of nitrogens with zero attached hydrogens (tertiary/aromatic N) is 4. The molecule has 0 aromatic carbocycles. The van der Waals surface area contributed by atoms with Gasteiger partial charge in [0.05, 0.1) is 18.4 Å². The molecule has 0 bridgehead atoms. The summed E-state index contributed by atoms with van der Waals surface area (Å²) in [6.45, 7) is 4.60. The van der Waals surface area contributed by atoms with Crippen molar-refractivity contribution in [1.82, 2.24) is 19.6 Å². The van der Waals surface area contributed by atoms with Crippen LogP contribution in [-0.2, 0) is 20.0 Å². The monoisotopic (exact) mass is 261 g/mol. The molecule has 19 heavy (non-hydrogen) atoms. The molecular formula is C13H19N5O. The van der Waals surface area contributed by atoms with Crippen LogP contribution in [0.15, 0.2) is 29.3 Å². The average molecular weight is 261 g/mol. The molecule has 2 aromatic rings. The van der Waals surface area contributed by atoms with Crippen molar-refractivity contribution in [3.63, 3.8) is 0 Å². The molecule has 0 aliphatic carbocycles. The quantitative estimate of drug-likeness (QED) is 0.873. The van der Waals surface area contributed by atoms with Crippen LogP contribution in [0.3, 0.4) is 0 Å². The largest absolute Gasteiger partial charge is 0.381 e. The Balaban J connectivity index is 2.05. The first kappa shape index (κ1) is 13.3. The highest BCUT2D eigenvalue weighted by Gasteiger charge is 2.03. The molecule has 0 amide bonds. The summed E-state index contributed by atoms with van der Waals surface area (Å²) in [5.41, 5.74) is 1.75. The Morgan fingerprint density at radius 1 is 1.37 bits per heavy atom. The van der Waals surface area contributed by atoms with Crippen LogP contribution in [0.25, 0.3) is 0 Å². The molecule has 0 radical (unpaired) electrons. The van der Waals surface area contributed by atoms with E-state index in [0.717, 1.165) is 17.8 Å². The zero-order valence-electron chi connectivity index (χ0n) is 11.5. The van der Waals surface area contributed by atoms with Crippen molar-refractivity contribution in [3.05, 3.63) is 40.6 Å². The summed E-state index contributed by atoms with van der Waals surface area (Å²) in [6.07, 6.45) is 4.17. The predicted octanol–water partition coefficient (Wildman–Crippen LogP) is 1.04. The Kier molecular flexibility index (Phi) is 3.99. The van der Waals surface area contributed by atoms with Gasteiger partial charge in [0.15, 0.2) is 0 Å². The summed E-state index contributed by atoms with van der Waals surface area (Å²) in [4.78, 5) is 11.9. The first-order chi connectivity index (χ1) is 9.06. The number of aromatic nitrogens is 4. The van der Waals surface area contributed by atoms with Crippen LogP contribution in [0.5, 0.6) is 0 Å². The highest BCUT2D eigenvalue weighted by atomic mass is 16.1. The van der Waals surface area contributed by atoms with Crippen molar-refractivity contribution in [2.45, 2.75) is 32.9 Å². The Hall–Kier alpha value is -2.11. The first-order valence-electron chi connectivity index (χ1n) is 6.37. The minimum Gasteiger partial charge on any atom is -0.381 e. The van der Waals surface area contributed by atoms with Crippen molar-refractivity contribution in [2.75, 3.05) is 5.32 Å². The fourth-order valence-corrected chi connectivity index (χ4v) is 1.88. The lowest BCUT2D eigenvalue weighted by atomic mass is 10.3. The van der Waals surface area contributed by atoms with Gasteiger partial charge >= 0.3 is 0 Å². The fourth-order valence-electron chi connectivity index (χ4n) is 1.88. The predicted molar refractivity (Wildman–Crippen MR) is 74.2 cm³/mol. The summed E-state index contributed by atoms with van der Waals surface area (Å²) >= 11 is 0. The van der Waals surface area contributed by atoms with Gasteiger partial charge in [-0.05, 0) is 19.9 Å². The standard InChI is InChI=1S/C13H19N5O/c1-10(2)16-11-8-13(19)18(15-9-11)7-5-12-4-6-14-17(12)3/h4,6,8-10,16H,5,7H2,1-3H3. The number of hydrogen-bond donors (Lipinski definition) is 1. The van der Waals surface area contributed by atoms with Crippen molar-refractivity contribution in [3.8, 4) is 0 Å². The highest BCUT2D eigenvalue weighted by Crippen LogP contribution is 2.03. The summed E-state index contributed by atoms with van der Waals surface area (Å²) in [7, 11) is 1.89. The van der Waals surface area contributed by atoms with E-state index in [9.17, 15) is 4.79 Å². The van der Waals surface area contributed by atoms with Crippen molar-refractivity contribution >= 4 is 5.69 Å². The zero-order valence-corrected chi connectivity index (χ0v) is 11.5. The van der Waals surface area contributed by atoms with E-state index in [1.165, 1.54) is 4.68 Å². The lowest BCUT2D eigenvalue weighted by molar-refractivity contribution is 0.558. The van der Waals surface area contributed by atoms with Crippen LogP contribution in [0.1, 0.15) is 19.5 Å². The molecule has 1 N–H and O–H groups in total. The molecular weight excluding hydrogens is 242 g/mol. The van der Waals surface area contributed by atoms with E-state index in [-0.39, 0.29) is 11.6 Å². The average Bonchev–Trinajstić information content (AvgIpc) is 2.73. The molecule has 0 fully saturated rings. The van der Waals surface area contributed by atoms with Crippen LogP contribution in [-0.4, -0.2) is 25.6 Å². The van der Waals surface area contributed by atoms with Gasteiger partial charge in [-0.15, -0.1) is 0 Å². The molecule has 102 valence electrons. The van der Waals surface area contributed by atoms with Gasteiger partial charge in [0, 0.05) is 37.5 Å². The van der Waals surface area contributed by atoms with E-state index in [2.05, 4.69) is 15.5 Å². The zero-order chi connectivity index (χ0) is 13.8. The van der Waals surface area contributed by atoms with E-state index < -0.39 is 0 Å². The number of aryl methyl sites for hydroxylation is 3. The van der Waals surface area contributed by atoms with Gasteiger partial charge < -0.3 is 5.32 Å². The summed E-state index contributed by atoms with van der Waals surface area (Å²) in [6, 6.07) is 3.81. The van der Waals surface area contributed by atoms with Gasteiger partial charge in [0.25, 0.3) is 5.56 Å². The third kappa shape index (κ3) is 3.43. The van der Waals surface area contributed by atoms with Gasteiger partial charge in [-0.25, -0.2) is 4.68 Å². The topological polar surface area (TPSA) is 64.7 Å². The Bertz CT molecular complexity index is 599. The molecule has 0 spiro atoms. The number of rotatable bonds is 5. The van der Waals surface area contributed by atoms with Gasteiger partial charge in [0.1, 0.15) is 0 Å². The smallest absolute Gasteiger partial charge is 0.268 e. The van der Waals surface area contributed by atoms with Gasteiger partial charge in [-0.3, -0.25) is 9.48 Å². The SMILES string of the molecule is CC(C)Nc1cnn(CCc2ccnn2C)c(=O)c1. The Labute approximate surface area is 112 Å². The number of anilines is 1. The summed E-state index contributed by atoms with van der Waals surface area (Å²) < 4.78 is 3.28. The van der Waals surface area contributed by atoms with Gasteiger partial charge in [-0.2, -0.15) is 10.2 Å². The Morgan fingerprint density at radius 2 is 2.16 bits per heavy atom. The lowest BCUT2D eigenvalue weighted by Gasteiger charge is -2.10. The van der Waals surface area contributed by atoms with Crippen LogP contribution >= 0.6 is 0 Å². The van der Waals surface area contributed by atoms with Gasteiger partial charge in [-0.1, -0.05) is 0 Å². The second kappa shape index (κ2) is 5.69.